The third-order valence-corrected chi connectivity index (χ3v) is 8.18. The Morgan fingerprint density at radius 2 is 1.51 bits per heavy atom. The Morgan fingerprint density at radius 1 is 0.780 bits per heavy atom. The molecule has 0 aromatic heterocycles. The van der Waals surface area contributed by atoms with Crippen LogP contribution in [0.25, 0.3) is 16.8 Å². The third kappa shape index (κ3) is 3.91. The minimum atomic E-state index is -4.59. The summed E-state index contributed by atoms with van der Waals surface area (Å²) in [5, 5.41) is 4.39. The van der Waals surface area contributed by atoms with E-state index in [-0.39, 0.29) is 5.69 Å². The molecule has 9 heteroatoms. The Bertz CT molecular complexity index is 1780. The van der Waals surface area contributed by atoms with Crippen LogP contribution in [0.1, 0.15) is 22.7 Å². The summed E-state index contributed by atoms with van der Waals surface area (Å²) < 4.78 is 40.0. The predicted molar refractivity (Wildman–Crippen MR) is 147 cm³/mol. The van der Waals surface area contributed by atoms with Gasteiger partial charge in [-0.2, -0.15) is 13.2 Å². The quantitative estimate of drug-likeness (QED) is 0.316. The fourth-order valence-corrected chi connectivity index (χ4v) is 6.42. The van der Waals surface area contributed by atoms with Crippen LogP contribution < -0.4 is 10.2 Å². The molecule has 4 aromatic carbocycles. The molecule has 7 rings (SSSR count). The number of halogens is 3. The maximum Gasteiger partial charge on any atom is 0.416 e. The lowest BCUT2D eigenvalue weighted by atomic mass is 9.84. The molecule has 0 bridgehead atoms. The summed E-state index contributed by atoms with van der Waals surface area (Å²) in [4.78, 5) is 44.8. The number of alkyl halides is 3. The molecule has 4 aromatic rings. The Labute approximate surface area is 232 Å². The molecule has 0 aliphatic carbocycles. The van der Waals surface area contributed by atoms with Crippen LogP contribution in [0.15, 0.2) is 97.2 Å². The van der Waals surface area contributed by atoms with Crippen molar-refractivity contribution in [2.75, 3.05) is 10.2 Å². The Morgan fingerprint density at radius 3 is 2.32 bits per heavy atom. The fraction of sp³-hybridized carbons (Fsp3) is 0.156. The summed E-state index contributed by atoms with van der Waals surface area (Å²) in [6.45, 7) is 0. The molecular formula is C32H22F3N3O3. The van der Waals surface area contributed by atoms with Gasteiger partial charge in [0.2, 0.25) is 17.7 Å². The van der Waals surface area contributed by atoms with E-state index < -0.39 is 53.4 Å². The SMILES string of the molecule is O=C(Nc1cccc(C(F)(F)F)c1)C1C2C(=O)N(c3ccc4ccccc4c3)C(=O)C2C2c3ccccc3C=CN12. The van der Waals surface area contributed by atoms with E-state index >= 15 is 0 Å². The number of carbonyl (C=O) groups excluding carboxylic acids is 3. The Hall–Kier alpha value is -4.92. The molecule has 3 amide bonds. The van der Waals surface area contributed by atoms with Crippen LogP contribution in [0.5, 0.6) is 0 Å². The molecule has 4 atom stereocenters. The van der Waals surface area contributed by atoms with E-state index in [1.807, 2.05) is 60.7 Å². The summed E-state index contributed by atoms with van der Waals surface area (Å²) in [5.74, 6) is -3.49. The van der Waals surface area contributed by atoms with Gasteiger partial charge in [0.05, 0.1) is 29.1 Å². The van der Waals surface area contributed by atoms with Crippen molar-refractivity contribution in [3.63, 3.8) is 0 Å². The summed E-state index contributed by atoms with van der Waals surface area (Å²) in [5.41, 5.74) is 1.14. The summed E-state index contributed by atoms with van der Waals surface area (Å²) in [6.07, 6.45) is -1.08. The summed E-state index contributed by atoms with van der Waals surface area (Å²) in [6, 6.07) is 23.0. The van der Waals surface area contributed by atoms with Gasteiger partial charge in [0.15, 0.2) is 0 Å². The van der Waals surface area contributed by atoms with Gasteiger partial charge in [-0.25, -0.2) is 4.90 Å². The highest BCUT2D eigenvalue weighted by Gasteiger charge is 2.64. The highest BCUT2D eigenvalue weighted by molar-refractivity contribution is 6.24. The van der Waals surface area contributed by atoms with Crippen molar-refractivity contribution < 1.29 is 27.6 Å². The molecule has 1 N–H and O–H groups in total. The van der Waals surface area contributed by atoms with E-state index in [9.17, 15) is 27.6 Å². The largest absolute Gasteiger partial charge is 0.416 e. The number of rotatable bonds is 3. The number of amides is 3. The van der Waals surface area contributed by atoms with E-state index in [0.717, 1.165) is 38.9 Å². The van der Waals surface area contributed by atoms with E-state index in [1.165, 1.54) is 12.1 Å². The maximum atomic E-state index is 14.1. The van der Waals surface area contributed by atoms with Crippen LogP contribution in [0.3, 0.4) is 0 Å². The predicted octanol–water partition coefficient (Wildman–Crippen LogP) is 6.01. The average Bonchev–Trinajstić information content (AvgIpc) is 3.44. The van der Waals surface area contributed by atoms with E-state index in [1.54, 1.807) is 23.2 Å². The van der Waals surface area contributed by atoms with Gasteiger partial charge in [0.25, 0.3) is 0 Å². The van der Waals surface area contributed by atoms with Crippen molar-refractivity contribution in [3.05, 3.63) is 114 Å². The van der Waals surface area contributed by atoms with E-state index in [4.69, 9.17) is 0 Å². The Kier molecular flexibility index (Phi) is 5.54. The molecule has 3 aliphatic heterocycles. The molecule has 3 heterocycles. The molecule has 0 saturated carbocycles. The first-order valence-electron chi connectivity index (χ1n) is 13.1. The minimum absolute atomic E-state index is 0.0469. The minimum Gasteiger partial charge on any atom is -0.357 e. The summed E-state index contributed by atoms with van der Waals surface area (Å²) >= 11 is 0. The molecule has 2 saturated heterocycles. The van der Waals surface area contributed by atoms with Gasteiger partial charge < -0.3 is 10.2 Å². The van der Waals surface area contributed by atoms with Crippen molar-refractivity contribution in [1.29, 1.82) is 0 Å². The van der Waals surface area contributed by atoms with Crippen molar-refractivity contribution in [3.8, 4) is 0 Å². The van der Waals surface area contributed by atoms with Crippen molar-refractivity contribution >= 4 is 45.9 Å². The van der Waals surface area contributed by atoms with Crippen LogP contribution in [0, 0.1) is 11.8 Å². The second kappa shape index (κ2) is 9.05. The zero-order valence-corrected chi connectivity index (χ0v) is 21.4. The Balaban J connectivity index is 1.30. The number of anilines is 2. The number of carbonyl (C=O) groups is 3. The van der Waals surface area contributed by atoms with Crippen molar-refractivity contribution in [1.82, 2.24) is 4.90 Å². The number of nitrogens with one attached hydrogen (secondary N) is 1. The van der Waals surface area contributed by atoms with Crippen LogP contribution in [0.4, 0.5) is 24.5 Å². The monoisotopic (exact) mass is 553 g/mol. The first-order chi connectivity index (χ1) is 19.7. The highest BCUT2D eigenvalue weighted by atomic mass is 19.4. The van der Waals surface area contributed by atoms with Gasteiger partial charge in [-0.15, -0.1) is 0 Å². The highest BCUT2D eigenvalue weighted by Crippen LogP contribution is 2.53. The first-order valence-corrected chi connectivity index (χ1v) is 13.1. The maximum absolute atomic E-state index is 14.1. The zero-order valence-electron chi connectivity index (χ0n) is 21.4. The fourth-order valence-electron chi connectivity index (χ4n) is 6.42. The van der Waals surface area contributed by atoms with Gasteiger partial charge in [0, 0.05) is 11.9 Å². The molecule has 41 heavy (non-hydrogen) atoms. The van der Waals surface area contributed by atoms with Gasteiger partial charge in [-0.3, -0.25) is 14.4 Å². The number of nitrogens with zero attached hydrogens (tertiary/aromatic N) is 2. The van der Waals surface area contributed by atoms with E-state index in [0.29, 0.717) is 5.69 Å². The van der Waals surface area contributed by atoms with Crippen LogP contribution in [-0.4, -0.2) is 28.7 Å². The average molecular weight is 554 g/mol. The number of hydrogen-bond acceptors (Lipinski definition) is 4. The second-order valence-electron chi connectivity index (χ2n) is 10.4. The molecule has 3 aliphatic rings. The zero-order chi connectivity index (χ0) is 28.5. The van der Waals surface area contributed by atoms with Gasteiger partial charge >= 0.3 is 6.18 Å². The van der Waals surface area contributed by atoms with Crippen LogP contribution in [-0.2, 0) is 20.6 Å². The molecule has 0 spiro atoms. The standard InChI is InChI=1S/C32H22F3N3O3/c33-32(34,35)21-9-5-10-22(17-21)36-29(39)28-26-25(27-24-11-4-3-7-19(24)14-15-37(27)28)30(40)38(31(26)41)23-13-12-18-6-1-2-8-20(18)16-23/h1-17,25-28H,(H,36,39). The molecule has 2 fully saturated rings. The molecule has 204 valence electrons. The molecular weight excluding hydrogens is 531 g/mol. The van der Waals surface area contributed by atoms with Gasteiger partial charge in [0.1, 0.15) is 6.04 Å². The lowest BCUT2D eigenvalue weighted by Gasteiger charge is -2.35. The number of fused-ring (bicyclic) bond motifs is 6. The second-order valence-corrected chi connectivity index (χ2v) is 10.4. The molecule has 6 nitrogen and oxygen atoms in total. The lowest BCUT2D eigenvalue weighted by molar-refractivity contribution is -0.137. The van der Waals surface area contributed by atoms with Gasteiger partial charge in [-0.1, -0.05) is 60.7 Å². The first kappa shape index (κ1) is 25.1. The molecule has 4 unspecified atom stereocenters. The normalized spacial score (nSPS) is 23.0. The van der Waals surface area contributed by atoms with Crippen molar-refractivity contribution in [2.45, 2.75) is 18.3 Å². The number of benzene rings is 4. The van der Waals surface area contributed by atoms with Crippen LogP contribution >= 0.6 is 0 Å². The van der Waals surface area contributed by atoms with Gasteiger partial charge in [-0.05, 0) is 58.3 Å². The third-order valence-electron chi connectivity index (χ3n) is 8.18. The smallest absolute Gasteiger partial charge is 0.357 e. The number of hydrogen-bond donors (Lipinski definition) is 1. The lowest BCUT2D eigenvalue weighted by Crippen LogP contribution is -2.46. The van der Waals surface area contributed by atoms with E-state index in [2.05, 4.69) is 5.32 Å². The van der Waals surface area contributed by atoms with Crippen molar-refractivity contribution in [2.24, 2.45) is 11.8 Å². The molecule has 0 radical (unpaired) electrons. The number of imide groups is 1. The van der Waals surface area contributed by atoms with Crippen LogP contribution in [0.2, 0.25) is 0 Å². The topological polar surface area (TPSA) is 69.7 Å². The summed E-state index contributed by atoms with van der Waals surface area (Å²) in [7, 11) is 0.